The van der Waals surface area contributed by atoms with E-state index in [-0.39, 0.29) is 0 Å². The van der Waals surface area contributed by atoms with Crippen molar-refractivity contribution in [2.45, 2.75) is 45.1 Å². The van der Waals surface area contributed by atoms with Gasteiger partial charge in [0, 0.05) is 23.3 Å². The lowest BCUT2D eigenvalue weighted by Gasteiger charge is -2.29. The van der Waals surface area contributed by atoms with Crippen LogP contribution < -0.4 is 5.32 Å². The highest BCUT2D eigenvalue weighted by molar-refractivity contribution is 6.35. The zero-order chi connectivity index (χ0) is 13.9. The smallest absolute Gasteiger partial charge is 0.0908 e. The van der Waals surface area contributed by atoms with Crippen LogP contribution in [0.1, 0.15) is 39.0 Å². The summed E-state index contributed by atoms with van der Waals surface area (Å²) in [7, 11) is 0. The molecule has 0 aliphatic heterocycles. The van der Waals surface area contributed by atoms with Crippen molar-refractivity contribution in [2.75, 3.05) is 5.32 Å². The van der Waals surface area contributed by atoms with Crippen molar-refractivity contribution in [1.82, 2.24) is 4.98 Å². The lowest BCUT2D eigenvalue weighted by atomic mass is 9.84. The summed E-state index contributed by atoms with van der Waals surface area (Å²) in [6.45, 7) is 2.30. The van der Waals surface area contributed by atoms with Crippen LogP contribution >= 0.6 is 11.6 Å². The third-order valence-corrected chi connectivity index (χ3v) is 4.77. The first-order valence-corrected chi connectivity index (χ1v) is 7.93. The Balaban J connectivity index is 1.85. The van der Waals surface area contributed by atoms with Crippen LogP contribution in [0.4, 0.5) is 5.69 Å². The molecular weight excluding hydrogens is 268 g/mol. The maximum Gasteiger partial charge on any atom is 0.0908 e. The molecule has 1 atom stereocenters. The minimum atomic E-state index is 0.500. The lowest BCUT2D eigenvalue weighted by molar-refractivity contribution is 0.328. The van der Waals surface area contributed by atoms with Crippen LogP contribution in [-0.4, -0.2) is 11.0 Å². The highest BCUT2D eigenvalue weighted by Crippen LogP contribution is 2.32. The normalized spacial score (nSPS) is 18.1. The lowest BCUT2D eigenvalue weighted by Crippen LogP contribution is -2.27. The van der Waals surface area contributed by atoms with Gasteiger partial charge in [0.2, 0.25) is 0 Å². The molecule has 1 aromatic carbocycles. The van der Waals surface area contributed by atoms with Crippen LogP contribution in [0.3, 0.4) is 0 Å². The number of hydrogen-bond donors (Lipinski definition) is 1. The molecule has 1 aliphatic carbocycles. The van der Waals surface area contributed by atoms with Crippen molar-refractivity contribution in [2.24, 2.45) is 5.92 Å². The van der Waals surface area contributed by atoms with Crippen LogP contribution in [0.2, 0.25) is 5.02 Å². The Morgan fingerprint density at radius 2 is 2.00 bits per heavy atom. The van der Waals surface area contributed by atoms with Gasteiger partial charge >= 0.3 is 0 Å². The van der Waals surface area contributed by atoms with Crippen molar-refractivity contribution in [3.05, 3.63) is 35.5 Å². The molecule has 3 rings (SSSR count). The average Bonchev–Trinajstić information content (AvgIpc) is 2.51. The first-order valence-electron chi connectivity index (χ1n) is 7.55. The molecule has 20 heavy (non-hydrogen) atoms. The zero-order valence-electron chi connectivity index (χ0n) is 11.9. The molecule has 0 amide bonds. The largest absolute Gasteiger partial charge is 0.382 e. The quantitative estimate of drug-likeness (QED) is 0.832. The van der Waals surface area contributed by atoms with E-state index in [4.69, 9.17) is 11.6 Å². The standard InChI is InChI=1S/C17H21ClN2/c1-12(13-6-3-2-4-7-13)20-16-10-9-15(18)17-14(16)8-5-11-19-17/h5,8-13,20H,2-4,6-7H2,1H3. The van der Waals surface area contributed by atoms with E-state index in [0.29, 0.717) is 6.04 Å². The van der Waals surface area contributed by atoms with Crippen LogP contribution in [0, 0.1) is 5.92 Å². The predicted molar refractivity (Wildman–Crippen MR) is 86.4 cm³/mol. The molecule has 3 heteroatoms. The summed E-state index contributed by atoms with van der Waals surface area (Å²) >= 11 is 6.22. The summed E-state index contributed by atoms with van der Waals surface area (Å²) in [6.07, 6.45) is 8.63. The minimum Gasteiger partial charge on any atom is -0.382 e. The summed E-state index contributed by atoms with van der Waals surface area (Å²) in [6, 6.07) is 8.57. The Labute approximate surface area is 125 Å². The molecule has 2 aromatic rings. The Kier molecular flexibility index (Phi) is 4.11. The number of rotatable bonds is 3. The van der Waals surface area contributed by atoms with E-state index >= 15 is 0 Å². The highest BCUT2D eigenvalue weighted by Gasteiger charge is 2.20. The molecule has 0 radical (unpaired) electrons. The molecular formula is C17H21ClN2. The number of benzene rings is 1. The van der Waals surface area contributed by atoms with Crippen molar-refractivity contribution in [3.63, 3.8) is 0 Å². The van der Waals surface area contributed by atoms with Gasteiger partial charge in [-0.05, 0) is 49.9 Å². The van der Waals surface area contributed by atoms with Gasteiger partial charge in [-0.2, -0.15) is 0 Å². The van der Waals surface area contributed by atoms with Gasteiger partial charge in [-0.3, -0.25) is 4.98 Å². The van der Waals surface area contributed by atoms with Crippen molar-refractivity contribution in [1.29, 1.82) is 0 Å². The molecule has 1 unspecified atom stereocenters. The summed E-state index contributed by atoms with van der Waals surface area (Å²) in [5.41, 5.74) is 2.03. The van der Waals surface area contributed by atoms with E-state index < -0.39 is 0 Å². The first kappa shape index (κ1) is 13.7. The number of aromatic nitrogens is 1. The third-order valence-electron chi connectivity index (χ3n) is 4.46. The second-order valence-corrected chi connectivity index (χ2v) is 6.23. The van der Waals surface area contributed by atoms with Crippen LogP contribution in [0.5, 0.6) is 0 Å². The summed E-state index contributed by atoms with van der Waals surface area (Å²) in [5, 5.41) is 5.52. The van der Waals surface area contributed by atoms with Crippen molar-refractivity contribution in [3.8, 4) is 0 Å². The molecule has 1 saturated carbocycles. The van der Waals surface area contributed by atoms with Gasteiger partial charge < -0.3 is 5.32 Å². The Morgan fingerprint density at radius 3 is 2.80 bits per heavy atom. The van der Waals surface area contributed by atoms with E-state index in [0.717, 1.165) is 27.5 Å². The number of fused-ring (bicyclic) bond motifs is 1. The summed E-state index contributed by atoms with van der Waals surface area (Å²) in [5.74, 6) is 0.783. The van der Waals surface area contributed by atoms with Gasteiger partial charge in [-0.15, -0.1) is 0 Å². The Hall–Kier alpha value is -1.28. The van der Waals surface area contributed by atoms with E-state index in [1.54, 1.807) is 6.20 Å². The molecule has 0 saturated heterocycles. The SMILES string of the molecule is CC(Nc1ccc(Cl)c2ncccc12)C1CCCCC1. The Bertz CT molecular complexity index is 591. The monoisotopic (exact) mass is 288 g/mol. The fraction of sp³-hybridized carbons (Fsp3) is 0.471. The Morgan fingerprint density at radius 1 is 1.20 bits per heavy atom. The fourth-order valence-electron chi connectivity index (χ4n) is 3.26. The van der Waals surface area contributed by atoms with Crippen LogP contribution in [0.15, 0.2) is 30.5 Å². The number of hydrogen-bond acceptors (Lipinski definition) is 2. The van der Waals surface area contributed by atoms with E-state index in [9.17, 15) is 0 Å². The highest BCUT2D eigenvalue weighted by atomic mass is 35.5. The van der Waals surface area contributed by atoms with E-state index in [1.165, 1.54) is 32.1 Å². The van der Waals surface area contributed by atoms with Crippen LogP contribution in [-0.2, 0) is 0 Å². The average molecular weight is 289 g/mol. The second-order valence-electron chi connectivity index (χ2n) is 5.83. The van der Waals surface area contributed by atoms with Crippen LogP contribution in [0.25, 0.3) is 10.9 Å². The molecule has 1 aliphatic rings. The zero-order valence-corrected chi connectivity index (χ0v) is 12.7. The molecule has 1 aromatic heterocycles. The van der Waals surface area contributed by atoms with Crippen molar-refractivity contribution < 1.29 is 0 Å². The molecule has 2 nitrogen and oxygen atoms in total. The molecule has 0 spiro atoms. The van der Waals surface area contributed by atoms with Gasteiger partial charge in [0.25, 0.3) is 0 Å². The molecule has 1 N–H and O–H groups in total. The number of anilines is 1. The minimum absolute atomic E-state index is 0.500. The van der Waals surface area contributed by atoms with E-state index in [1.807, 2.05) is 12.1 Å². The maximum atomic E-state index is 6.22. The molecule has 106 valence electrons. The molecule has 1 heterocycles. The summed E-state index contributed by atoms with van der Waals surface area (Å²) < 4.78 is 0. The number of nitrogens with zero attached hydrogens (tertiary/aromatic N) is 1. The topological polar surface area (TPSA) is 24.9 Å². The molecule has 1 fully saturated rings. The number of nitrogens with one attached hydrogen (secondary N) is 1. The predicted octanol–water partition coefficient (Wildman–Crippen LogP) is 5.27. The first-order chi connectivity index (χ1) is 9.75. The van der Waals surface area contributed by atoms with E-state index in [2.05, 4.69) is 29.4 Å². The van der Waals surface area contributed by atoms with Gasteiger partial charge in [0.15, 0.2) is 0 Å². The summed E-state index contributed by atoms with van der Waals surface area (Å²) in [4.78, 5) is 4.39. The van der Waals surface area contributed by atoms with Crippen molar-refractivity contribution >= 4 is 28.2 Å². The van der Waals surface area contributed by atoms with Gasteiger partial charge in [-0.25, -0.2) is 0 Å². The number of halogens is 1. The number of pyridine rings is 1. The third kappa shape index (κ3) is 2.76. The van der Waals surface area contributed by atoms with Gasteiger partial charge in [-0.1, -0.05) is 30.9 Å². The van der Waals surface area contributed by atoms with Gasteiger partial charge in [0.1, 0.15) is 0 Å². The fourth-order valence-corrected chi connectivity index (χ4v) is 3.47. The second kappa shape index (κ2) is 6.01. The maximum absolute atomic E-state index is 6.22. The molecule has 0 bridgehead atoms. The van der Waals surface area contributed by atoms with Gasteiger partial charge in [0.05, 0.1) is 10.5 Å².